The molecule has 0 amide bonds. The number of rotatable bonds is 0. The van der Waals surface area contributed by atoms with Crippen molar-refractivity contribution >= 4 is 11.9 Å². The predicted molar refractivity (Wildman–Crippen MR) is 87.1 cm³/mol. The fourth-order valence-electron chi connectivity index (χ4n) is 3.68. The van der Waals surface area contributed by atoms with E-state index in [1.54, 1.807) is 19.9 Å². The highest BCUT2D eigenvalue weighted by molar-refractivity contribution is 5.89. The Morgan fingerprint density at radius 3 is 2.88 bits per heavy atom. The summed E-state index contributed by atoms with van der Waals surface area (Å²) in [7, 11) is 0. The molecule has 24 heavy (non-hydrogen) atoms. The number of carbonyl (C=O) groups is 2. The molecule has 0 aromatic rings. The first-order chi connectivity index (χ1) is 11.3. The third-order valence-electron chi connectivity index (χ3n) is 5.55. The monoisotopic (exact) mass is 335 g/mol. The van der Waals surface area contributed by atoms with Crippen LogP contribution in [0.5, 0.6) is 0 Å². The lowest BCUT2D eigenvalue weighted by atomic mass is 9.85. The van der Waals surface area contributed by atoms with Crippen molar-refractivity contribution in [2.45, 2.75) is 51.4 Å². The maximum absolute atomic E-state index is 12.5. The van der Waals surface area contributed by atoms with Gasteiger partial charge in [0, 0.05) is 18.7 Å². The Morgan fingerprint density at radius 1 is 1.42 bits per heavy atom. The van der Waals surface area contributed by atoms with Gasteiger partial charge < -0.3 is 14.6 Å². The zero-order valence-electron chi connectivity index (χ0n) is 14.4. The van der Waals surface area contributed by atoms with Crippen LogP contribution in [0.15, 0.2) is 23.3 Å². The van der Waals surface area contributed by atoms with E-state index in [1.165, 1.54) is 6.92 Å². The molecule has 4 atom stereocenters. The highest BCUT2D eigenvalue weighted by Gasteiger charge is 2.45. The average Bonchev–Trinajstić information content (AvgIpc) is 3.12. The Balaban J connectivity index is 1.91. The molecule has 6 heteroatoms. The standard InChI is InChI=1S/C18H25NO5/c1-4-12-9-11(2)18(3,22)17(21)23-10-13-5-7-19-8-6-14(15(13)19)24-16(12)20/h4-5,11,14-15,22H,6-10H2,1-3H3/b12-4+/t11-,14+,15+,18-/m0/s1. The van der Waals surface area contributed by atoms with E-state index < -0.39 is 17.5 Å². The van der Waals surface area contributed by atoms with Crippen LogP contribution in [-0.2, 0) is 19.1 Å². The number of hydrogen-bond donors (Lipinski definition) is 1. The summed E-state index contributed by atoms with van der Waals surface area (Å²) in [5.74, 6) is -1.46. The minimum atomic E-state index is -1.65. The fourth-order valence-corrected chi connectivity index (χ4v) is 3.68. The summed E-state index contributed by atoms with van der Waals surface area (Å²) in [5.41, 5.74) is -0.218. The van der Waals surface area contributed by atoms with Gasteiger partial charge in [-0.15, -0.1) is 0 Å². The van der Waals surface area contributed by atoms with Gasteiger partial charge in [0.1, 0.15) is 12.7 Å². The van der Waals surface area contributed by atoms with E-state index in [2.05, 4.69) is 4.90 Å². The molecular weight excluding hydrogens is 310 g/mol. The number of aliphatic hydroxyl groups is 1. The van der Waals surface area contributed by atoms with Gasteiger partial charge in [-0.3, -0.25) is 4.90 Å². The molecule has 1 N–H and O–H groups in total. The third kappa shape index (κ3) is 2.89. The molecule has 0 aromatic carbocycles. The van der Waals surface area contributed by atoms with Gasteiger partial charge in [0.05, 0.1) is 6.04 Å². The molecule has 132 valence electrons. The second-order valence-corrected chi connectivity index (χ2v) is 7.09. The number of esters is 2. The quantitative estimate of drug-likeness (QED) is 0.407. The van der Waals surface area contributed by atoms with E-state index >= 15 is 0 Å². The fraction of sp³-hybridized carbons (Fsp3) is 0.667. The molecule has 3 aliphatic heterocycles. The Morgan fingerprint density at radius 2 is 2.17 bits per heavy atom. The van der Waals surface area contributed by atoms with Gasteiger partial charge in [-0.25, -0.2) is 9.59 Å². The van der Waals surface area contributed by atoms with Crippen molar-refractivity contribution in [3.63, 3.8) is 0 Å². The van der Waals surface area contributed by atoms with Crippen molar-refractivity contribution in [1.82, 2.24) is 4.90 Å². The van der Waals surface area contributed by atoms with Gasteiger partial charge in [-0.05, 0) is 38.2 Å². The topological polar surface area (TPSA) is 76.1 Å². The van der Waals surface area contributed by atoms with Crippen molar-refractivity contribution in [1.29, 1.82) is 0 Å². The Hall–Kier alpha value is -1.66. The SMILES string of the molecule is C/C=C1\C[C@H](C)[C@](C)(O)C(=O)OCC2=CCN3CC[C@@H](OC1=O)[C@@H]23. The van der Waals surface area contributed by atoms with Gasteiger partial charge in [0.2, 0.25) is 0 Å². The molecule has 2 fully saturated rings. The van der Waals surface area contributed by atoms with Gasteiger partial charge in [-0.2, -0.15) is 0 Å². The second kappa shape index (κ2) is 6.33. The number of nitrogens with zero attached hydrogens (tertiary/aromatic N) is 1. The molecule has 0 saturated carbocycles. The van der Waals surface area contributed by atoms with Crippen LogP contribution in [0, 0.1) is 5.92 Å². The molecule has 3 aliphatic rings. The van der Waals surface area contributed by atoms with Crippen LogP contribution in [-0.4, -0.2) is 59.4 Å². The Kier molecular flexibility index (Phi) is 4.53. The minimum Gasteiger partial charge on any atom is -0.459 e. The Bertz CT molecular complexity index is 607. The summed E-state index contributed by atoms with van der Waals surface area (Å²) in [6.07, 6.45) is 4.56. The first kappa shape index (κ1) is 17.2. The molecule has 3 rings (SSSR count). The number of ether oxygens (including phenoxy) is 2. The van der Waals surface area contributed by atoms with Gasteiger partial charge in [0.15, 0.2) is 5.60 Å². The summed E-state index contributed by atoms with van der Waals surface area (Å²) < 4.78 is 11.2. The van der Waals surface area contributed by atoms with Crippen molar-refractivity contribution in [3.8, 4) is 0 Å². The van der Waals surface area contributed by atoms with Gasteiger partial charge >= 0.3 is 11.9 Å². The highest BCUT2D eigenvalue weighted by atomic mass is 16.6. The van der Waals surface area contributed by atoms with E-state index in [1.807, 2.05) is 6.08 Å². The van der Waals surface area contributed by atoms with Crippen LogP contribution in [0.3, 0.4) is 0 Å². The summed E-state index contributed by atoms with van der Waals surface area (Å²) in [5, 5.41) is 10.6. The summed E-state index contributed by atoms with van der Waals surface area (Å²) in [4.78, 5) is 27.1. The zero-order chi connectivity index (χ0) is 17.5. The summed E-state index contributed by atoms with van der Waals surface area (Å²) in [6.45, 7) is 6.71. The minimum absolute atomic E-state index is 0.0262. The lowest BCUT2D eigenvalue weighted by molar-refractivity contribution is -0.169. The molecule has 3 heterocycles. The second-order valence-electron chi connectivity index (χ2n) is 7.09. The number of carbonyl (C=O) groups excluding carboxylic acids is 2. The molecule has 6 nitrogen and oxygen atoms in total. The molecular formula is C18H25NO5. The average molecular weight is 335 g/mol. The van der Waals surface area contributed by atoms with Crippen LogP contribution >= 0.6 is 0 Å². The van der Waals surface area contributed by atoms with E-state index in [0.29, 0.717) is 5.57 Å². The van der Waals surface area contributed by atoms with Gasteiger partial charge in [0.25, 0.3) is 0 Å². The normalized spacial score (nSPS) is 39.6. The number of hydrogen-bond acceptors (Lipinski definition) is 6. The van der Waals surface area contributed by atoms with Crippen LogP contribution in [0.25, 0.3) is 0 Å². The number of allylic oxidation sites excluding steroid dienone is 1. The first-order valence-corrected chi connectivity index (χ1v) is 8.53. The summed E-state index contributed by atoms with van der Waals surface area (Å²) >= 11 is 0. The lowest BCUT2D eigenvalue weighted by Crippen LogP contribution is -2.45. The smallest absolute Gasteiger partial charge is 0.338 e. The first-order valence-electron chi connectivity index (χ1n) is 8.53. The molecule has 0 aliphatic carbocycles. The molecule has 0 aromatic heterocycles. The molecule has 0 bridgehead atoms. The lowest BCUT2D eigenvalue weighted by Gasteiger charge is -2.31. The molecule has 0 radical (unpaired) electrons. The van der Waals surface area contributed by atoms with Crippen molar-refractivity contribution < 1.29 is 24.2 Å². The van der Waals surface area contributed by atoms with Crippen LogP contribution in [0.4, 0.5) is 0 Å². The summed E-state index contributed by atoms with van der Waals surface area (Å²) in [6, 6.07) is -0.0262. The van der Waals surface area contributed by atoms with Crippen LogP contribution < -0.4 is 0 Å². The maximum atomic E-state index is 12.5. The Labute approximate surface area is 142 Å². The van der Waals surface area contributed by atoms with E-state index in [4.69, 9.17) is 9.47 Å². The number of cyclic esters (lactones) is 1. The largest absolute Gasteiger partial charge is 0.459 e. The van der Waals surface area contributed by atoms with E-state index in [-0.39, 0.29) is 31.1 Å². The maximum Gasteiger partial charge on any atom is 0.338 e. The predicted octanol–water partition coefficient (Wildman–Crippen LogP) is 1.19. The van der Waals surface area contributed by atoms with Gasteiger partial charge in [-0.1, -0.05) is 19.1 Å². The van der Waals surface area contributed by atoms with E-state index in [9.17, 15) is 14.7 Å². The zero-order valence-corrected chi connectivity index (χ0v) is 14.4. The molecule has 0 unspecified atom stereocenters. The van der Waals surface area contributed by atoms with Crippen molar-refractivity contribution in [3.05, 3.63) is 23.3 Å². The van der Waals surface area contributed by atoms with E-state index in [0.717, 1.165) is 25.1 Å². The van der Waals surface area contributed by atoms with Crippen LogP contribution in [0.2, 0.25) is 0 Å². The van der Waals surface area contributed by atoms with Crippen LogP contribution in [0.1, 0.15) is 33.6 Å². The highest BCUT2D eigenvalue weighted by Crippen LogP contribution is 2.34. The van der Waals surface area contributed by atoms with Crippen molar-refractivity contribution in [2.75, 3.05) is 19.7 Å². The third-order valence-corrected chi connectivity index (χ3v) is 5.55. The molecule has 2 saturated heterocycles. The van der Waals surface area contributed by atoms with Crippen molar-refractivity contribution in [2.24, 2.45) is 5.92 Å². The molecule has 0 spiro atoms.